The number of nitrogens with one attached hydrogen (secondary N) is 2. The second kappa shape index (κ2) is 7.39. The summed E-state index contributed by atoms with van der Waals surface area (Å²) >= 11 is 0. The van der Waals surface area contributed by atoms with E-state index in [9.17, 15) is 4.79 Å². The highest BCUT2D eigenvalue weighted by Crippen LogP contribution is 2.08. The smallest absolute Gasteiger partial charge is 0.234 e. The standard InChI is InChI=1S/C14H19N7O/c1-9(4-5-12-6-15-10(2)16-7-12)19-13-17-8-18-14(21-13)20-11(3)22/h6-9H,4-5H2,1-3H3,(H2,17,18,19,20,21,22). The first kappa shape index (κ1) is 15.7. The molecule has 8 heteroatoms. The Morgan fingerprint density at radius 3 is 2.55 bits per heavy atom. The van der Waals surface area contributed by atoms with Crippen molar-refractivity contribution in [3.05, 3.63) is 30.1 Å². The van der Waals surface area contributed by atoms with E-state index in [0.717, 1.165) is 24.2 Å². The van der Waals surface area contributed by atoms with Gasteiger partial charge in [0.15, 0.2) is 0 Å². The Morgan fingerprint density at radius 2 is 1.86 bits per heavy atom. The van der Waals surface area contributed by atoms with Gasteiger partial charge in [0.2, 0.25) is 17.8 Å². The maximum atomic E-state index is 11.0. The van der Waals surface area contributed by atoms with Crippen molar-refractivity contribution in [2.75, 3.05) is 10.6 Å². The van der Waals surface area contributed by atoms with E-state index >= 15 is 0 Å². The van der Waals surface area contributed by atoms with Gasteiger partial charge in [-0.05, 0) is 32.3 Å². The van der Waals surface area contributed by atoms with Crippen LogP contribution in [0, 0.1) is 6.92 Å². The summed E-state index contributed by atoms with van der Waals surface area (Å²) in [6, 6.07) is 0.161. The first-order valence-electron chi connectivity index (χ1n) is 7.03. The molecule has 0 saturated carbocycles. The maximum Gasteiger partial charge on any atom is 0.234 e. The fraction of sp³-hybridized carbons (Fsp3) is 0.429. The van der Waals surface area contributed by atoms with Crippen LogP contribution in [-0.4, -0.2) is 36.9 Å². The third-order valence-electron chi connectivity index (χ3n) is 2.94. The summed E-state index contributed by atoms with van der Waals surface area (Å²) in [6.45, 7) is 5.31. The molecule has 0 aliphatic rings. The number of aryl methyl sites for hydroxylation is 2. The van der Waals surface area contributed by atoms with Crippen molar-refractivity contribution >= 4 is 17.8 Å². The van der Waals surface area contributed by atoms with Gasteiger partial charge in [-0.3, -0.25) is 10.1 Å². The van der Waals surface area contributed by atoms with E-state index in [0.29, 0.717) is 5.95 Å². The Hall–Kier alpha value is -2.64. The van der Waals surface area contributed by atoms with Gasteiger partial charge < -0.3 is 5.32 Å². The van der Waals surface area contributed by atoms with Crippen LogP contribution in [-0.2, 0) is 11.2 Å². The molecule has 1 amide bonds. The van der Waals surface area contributed by atoms with Crippen LogP contribution in [0.5, 0.6) is 0 Å². The number of carbonyl (C=O) groups is 1. The fourth-order valence-electron chi connectivity index (χ4n) is 1.81. The number of nitrogens with zero attached hydrogens (tertiary/aromatic N) is 5. The third kappa shape index (κ3) is 5.04. The molecule has 1 unspecified atom stereocenters. The van der Waals surface area contributed by atoms with E-state index < -0.39 is 0 Å². The highest BCUT2D eigenvalue weighted by atomic mass is 16.1. The molecule has 0 spiro atoms. The van der Waals surface area contributed by atoms with Gasteiger partial charge in [0.1, 0.15) is 12.2 Å². The molecule has 0 radical (unpaired) electrons. The van der Waals surface area contributed by atoms with Gasteiger partial charge >= 0.3 is 0 Å². The lowest BCUT2D eigenvalue weighted by atomic mass is 10.1. The van der Waals surface area contributed by atoms with E-state index in [1.54, 1.807) is 0 Å². The topological polar surface area (TPSA) is 106 Å². The Bertz CT molecular complexity index is 629. The van der Waals surface area contributed by atoms with E-state index in [-0.39, 0.29) is 17.9 Å². The van der Waals surface area contributed by atoms with Crippen LogP contribution in [0.1, 0.15) is 31.7 Å². The molecule has 0 aliphatic heterocycles. The average molecular weight is 301 g/mol. The van der Waals surface area contributed by atoms with Gasteiger partial charge in [0.05, 0.1) is 0 Å². The van der Waals surface area contributed by atoms with Crippen LogP contribution in [0.15, 0.2) is 18.7 Å². The summed E-state index contributed by atoms with van der Waals surface area (Å²) in [5, 5.41) is 5.71. The lowest BCUT2D eigenvalue weighted by Gasteiger charge is -2.13. The highest BCUT2D eigenvalue weighted by Gasteiger charge is 2.07. The van der Waals surface area contributed by atoms with Crippen LogP contribution in [0.25, 0.3) is 0 Å². The Kier molecular flexibility index (Phi) is 5.29. The predicted octanol–water partition coefficient (Wildman–Crippen LogP) is 1.36. The number of rotatable bonds is 6. The highest BCUT2D eigenvalue weighted by molar-refractivity contribution is 5.86. The molecular formula is C14H19N7O. The molecule has 1 atom stereocenters. The Labute approximate surface area is 128 Å². The van der Waals surface area contributed by atoms with Crippen LogP contribution in [0.2, 0.25) is 0 Å². The summed E-state index contributed by atoms with van der Waals surface area (Å²) in [5.41, 5.74) is 1.09. The number of carbonyl (C=O) groups excluding carboxylic acids is 1. The normalized spacial score (nSPS) is 11.8. The van der Waals surface area contributed by atoms with Crippen LogP contribution < -0.4 is 10.6 Å². The molecule has 2 aromatic heterocycles. The number of amides is 1. The minimum atomic E-state index is -0.218. The molecule has 0 bridgehead atoms. The zero-order chi connectivity index (χ0) is 15.9. The maximum absolute atomic E-state index is 11.0. The molecule has 2 heterocycles. The molecule has 116 valence electrons. The van der Waals surface area contributed by atoms with Crippen LogP contribution in [0.4, 0.5) is 11.9 Å². The summed E-state index contributed by atoms with van der Waals surface area (Å²) in [4.78, 5) is 31.4. The van der Waals surface area contributed by atoms with Crippen LogP contribution >= 0.6 is 0 Å². The lowest BCUT2D eigenvalue weighted by Crippen LogP contribution is -2.19. The van der Waals surface area contributed by atoms with Crippen molar-refractivity contribution in [1.29, 1.82) is 0 Å². The minimum Gasteiger partial charge on any atom is -0.352 e. The summed E-state index contributed by atoms with van der Waals surface area (Å²) in [5.74, 6) is 1.23. The van der Waals surface area contributed by atoms with Gasteiger partial charge in [0, 0.05) is 25.4 Å². The van der Waals surface area contributed by atoms with Crippen molar-refractivity contribution in [3.8, 4) is 0 Å². The number of aromatic nitrogens is 5. The SMILES string of the molecule is CC(=O)Nc1ncnc(NC(C)CCc2cnc(C)nc2)n1. The van der Waals surface area contributed by atoms with Gasteiger partial charge in [-0.15, -0.1) is 0 Å². The van der Waals surface area contributed by atoms with E-state index in [1.165, 1.54) is 13.3 Å². The number of hydrogen-bond acceptors (Lipinski definition) is 7. The lowest BCUT2D eigenvalue weighted by molar-refractivity contribution is -0.114. The third-order valence-corrected chi connectivity index (χ3v) is 2.94. The molecule has 0 aliphatic carbocycles. The minimum absolute atomic E-state index is 0.161. The van der Waals surface area contributed by atoms with Crippen molar-refractivity contribution in [2.24, 2.45) is 0 Å². The van der Waals surface area contributed by atoms with Crippen molar-refractivity contribution in [2.45, 2.75) is 39.7 Å². The molecule has 8 nitrogen and oxygen atoms in total. The molecule has 0 saturated heterocycles. The van der Waals surface area contributed by atoms with Gasteiger partial charge in [-0.2, -0.15) is 4.98 Å². The quantitative estimate of drug-likeness (QED) is 0.829. The zero-order valence-corrected chi connectivity index (χ0v) is 12.9. The fourth-order valence-corrected chi connectivity index (χ4v) is 1.81. The van der Waals surface area contributed by atoms with Gasteiger partial charge in [0.25, 0.3) is 0 Å². The summed E-state index contributed by atoms with van der Waals surface area (Å²) in [7, 11) is 0. The molecule has 2 rings (SSSR count). The first-order chi connectivity index (χ1) is 10.5. The molecular weight excluding hydrogens is 282 g/mol. The molecule has 2 N–H and O–H groups in total. The second-order valence-corrected chi connectivity index (χ2v) is 5.04. The Balaban J connectivity index is 1.87. The Morgan fingerprint density at radius 1 is 1.18 bits per heavy atom. The zero-order valence-electron chi connectivity index (χ0n) is 12.9. The molecule has 0 aromatic carbocycles. The first-order valence-corrected chi connectivity index (χ1v) is 7.03. The van der Waals surface area contributed by atoms with E-state index in [4.69, 9.17) is 0 Å². The van der Waals surface area contributed by atoms with Crippen LogP contribution in [0.3, 0.4) is 0 Å². The number of hydrogen-bond donors (Lipinski definition) is 2. The molecule has 0 fully saturated rings. The van der Waals surface area contributed by atoms with Crippen molar-refractivity contribution in [3.63, 3.8) is 0 Å². The van der Waals surface area contributed by atoms with Gasteiger partial charge in [-0.25, -0.2) is 19.9 Å². The monoisotopic (exact) mass is 301 g/mol. The summed E-state index contributed by atoms with van der Waals surface area (Å²) in [6.07, 6.45) is 6.78. The van der Waals surface area contributed by atoms with E-state index in [2.05, 4.69) is 35.6 Å². The van der Waals surface area contributed by atoms with E-state index in [1.807, 2.05) is 26.2 Å². The van der Waals surface area contributed by atoms with Crippen molar-refractivity contribution in [1.82, 2.24) is 24.9 Å². The molecule has 2 aromatic rings. The predicted molar refractivity (Wildman–Crippen MR) is 82.3 cm³/mol. The number of anilines is 2. The van der Waals surface area contributed by atoms with Gasteiger partial charge in [-0.1, -0.05) is 0 Å². The van der Waals surface area contributed by atoms with Crippen molar-refractivity contribution < 1.29 is 4.79 Å². The second-order valence-electron chi connectivity index (χ2n) is 5.04. The summed E-state index contributed by atoms with van der Waals surface area (Å²) < 4.78 is 0. The largest absolute Gasteiger partial charge is 0.352 e. The molecule has 22 heavy (non-hydrogen) atoms. The average Bonchev–Trinajstić information content (AvgIpc) is 2.46.